The van der Waals surface area contributed by atoms with E-state index in [4.69, 9.17) is 9.47 Å². The van der Waals surface area contributed by atoms with Crippen molar-refractivity contribution < 1.29 is 19.4 Å². The molecule has 2 heterocycles. The molecule has 2 saturated heterocycles. The molecule has 4 aliphatic carbocycles. The van der Waals surface area contributed by atoms with Gasteiger partial charge in [-0.15, -0.1) is 0 Å². The molecule has 1 N–H and O–H groups in total. The number of aliphatic hydroxyl groups is 1. The van der Waals surface area contributed by atoms with Crippen LogP contribution in [0.25, 0.3) is 0 Å². The summed E-state index contributed by atoms with van der Waals surface area (Å²) in [6, 6.07) is 10.1. The number of allylic oxidation sites excluding steroid dienone is 1. The van der Waals surface area contributed by atoms with Crippen molar-refractivity contribution in [2.45, 2.75) is 137 Å². The normalized spacial score (nSPS) is 41.9. The molecule has 0 bridgehead atoms. The monoisotopic (exact) mass is 579 g/mol. The quantitative estimate of drug-likeness (QED) is 0.357. The van der Waals surface area contributed by atoms with Crippen molar-refractivity contribution in [3.05, 3.63) is 47.0 Å². The van der Waals surface area contributed by atoms with Gasteiger partial charge in [0.05, 0.1) is 23.9 Å². The van der Waals surface area contributed by atoms with Gasteiger partial charge in [0.25, 0.3) is 0 Å². The molecule has 42 heavy (non-hydrogen) atoms. The molecule has 5 heteroatoms. The predicted molar refractivity (Wildman–Crippen MR) is 169 cm³/mol. The summed E-state index contributed by atoms with van der Waals surface area (Å²) in [5.41, 5.74) is 4.38. The third-order valence-corrected chi connectivity index (χ3v) is 12.5. The standard InChI is InChI=1S/C34H47NO4.C2H6.CH4/c1-21-15-31-30(35(19-21)32(37)38-20-23-7-5-4-6-8-23)18-34(39-31)14-12-26-27-10-9-24-16-25(36)11-13-33(24,3)29(27)17-28(26)22(34)2;1-2;/h4-8,21,24-27,29-31,36H,9-20H2,1-3H3;1-2H3;1H4/t21-,24?,25?,26?,27?,29?,30-,31?,33?,34?;;/m0../s1. The summed E-state index contributed by atoms with van der Waals surface area (Å²) in [5, 5.41) is 10.4. The minimum absolute atomic E-state index is 0. The summed E-state index contributed by atoms with van der Waals surface area (Å²) < 4.78 is 12.9. The molecule has 2 aliphatic heterocycles. The first-order valence-corrected chi connectivity index (χ1v) is 16.8. The second kappa shape index (κ2) is 12.3. The minimum atomic E-state index is -0.222. The van der Waals surface area contributed by atoms with Crippen molar-refractivity contribution in [3.63, 3.8) is 0 Å². The van der Waals surface area contributed by atoms with E-state index in [1.807, 2.05) is 49.1 Å². The number of rotatable bonds is 2. The second-order valence-corrected chi connectivity index (χ2v) is 14.4. The minimum Gasteiger partial charge on any atom is -0.445 e. The largest absolute Gasteiger partial charge is 0.445 e. The molecule has 1 aromatic rings. The molecule has 10 atom stereocenters. The zero-order valence-corrected chi connectivity index (χ0v) is 26.1. The van der Waals surface area contributed by atoms with Crippen LogP contribution >= 0.6 is 0 Å². The van der Waals surface area contributed by atoms with Crippen LogP contribution in [-0.4, -0.2) is 46.5 Å². The van der Waals surface area contributed by atoms with E-state index < -0.39 is 0 Å². The van der Waals surface area contributed by atoms with Gasteiger partial charge in [-0.3, -0.25) is 0 Å². The number of aliphatic hydroxyl groups excluding tert-OH is 1. The van der Waals surface area contributed by atoms with E-state index in [0.717, 1.165) is 56.0 Å². The van der Waals surface area contributed by atoms with Crippen molar-refractivity contribution in [3.8, 4) is 0 Å². The molecule has 7 rings (SSSR count). The molecular formula is C37H57NO4. The molecule has 0 radical (unpaired) electrons. The summed E-state index contributed by atoms with van der Waals surface area (Å²) in [6.45, 7) is 12.2. The number of amides is 1. The Kier molecular flexibility index (Phi) is 9.22. The smallest absolute Gasteiger partial charge is 0.410 e. The van der Waals surface area contributed by atoms with E-state index in [0.29, 0.717) is 29.8 Å². The SMILES string of the molecule is C.CC.CC1=C2CC3C(CCC4CC(O)CCC43C)C2CCC12C[C@H]1C(C[C@H](C)CN1C(=O)OCc1ccccc1)O2. The zero-order valence-electron chi connectivity index (χ0n) is 26.1. The maximum atomic E-state index is 13.4. The molecule has 5 nitrogen and oxygen atoms in total. The number of likely N-dealkylation sites (tertiary alicyclic amines) is 1. The van der Waals surface area contributed by atoms with E-state index in [2.05, 4.69) is 20.8 Å². The number of benzene rings is 1. The Balaban J connectivity index is 0.00000115. The van der Waals surface area contributed by atoms with Gasteiger partial charge in [0.2, 0.25) is 0 Å². The highest BCUT2D eigenvalue weighted by atomic mass is 16.6. The molecule has 6 aliphatic rings. The Hall–Kier alpha value is -1.85. The zero-order chi connectivity index (χ0) is 28.9. The highest BCUT2D eigenvalue weighted by molar-refractivity contribution is 5.68. The van der Waals surface area contributed by atoms with Gasteiger partial charge in [-0.2, -0.15) is 0 Å². The van der Waals surface area contributed by atoms with Gasteiger partial charge in [-0.1, -0.05) is 71.0 Å². The Morgan fingerprint density at radius 1 is 1.10 bits per heavy atom. The van der Waals surface area contributed by atoms with Crippen LogP contribution in [0.1, 0.15) is 112 Å². The summed E-state index contributed by atoms with van der Waals surface area (Å²) in [4.78, 5) is 15.4. The fraction of sp³-hybridized carbons (Fsp3) is 0.757. The van der Waals surface area contributed by atoms with Crippen molar-refractivity contribution in [2.24, 2.45) is 35.0 Å². The molecule has 5 fully saturated rings. The lowest BCUT2D eigenvalue weighted by Crippen LogP contribution is -2.51. The lowest BCUT2D eigenvalue weighted by atomic mass is 9.52. The van der Waals surface area contributed by atoms with Crippen molar-refractivity contribution in [1.82, 2.24) is 4.90 Å². The van der Waals surface area contributed by atoms with Gasteiger partial charge < -0.3 is 19.5 Å². The Morgan fingerprint density at radius 3 is 2.62 bits per heavy atom. The third kappa shape index (κ3) is 5.25. The number of piperidine rings is 1. The van der Waals surface area contributed by atoms with E-state index in [-0.39, 0.29) is 37.4 Å². The molecule has 234 valence electrons. The van der Waals surface area contributed by atoms with E-state index in [1.165, 1.54) is 37.7 Å². The third-order valence-electron chi connectivity index (χ3n) is 12.5. The van der Waals surface area contributed by atoms with Gasteiger partial charge in [0.15, 0.2) is 0 Å². The average molecular weight is 580 g/mol. The molecular weight excluding hydrogens is 522 g/mol. The predicted octanol–water partition coefficient (Wildman–Crippen LogP) is 8.55. The summed E-state index contributed by atoms with van der Waals surface area (Å²) in [7, 11) is 0. The van der Waals surface area contributed by atoms with Crippen LogP contribution in [0, 0.1) is 35.0 Å². The highest BCUT2D eigenvalue weighted by Crippen LogP contribution is 2.66. The van der Waals surface area contributed by atoms with Gasteiger partial charge in [0.1, 0.15) is 6.61 Å². The van der Waals surface area contributed by atoms with Crippen LogP contribution in [0.15, 0.2) is 41.5 Å². The van der Waals surface area contributed by atoms with Crippen LogP contribution in [0.3, 0.4) is 0 Å². The van der Waals surface area contributed by atoms with Gasteiger partial charge in [-0.25, -0.2) is 4.79 Å². The maximum Gasteiger partial charge on any atom is 0.410 e. The fourth-order valence-corrected chi connectivity index (χ4v) is 10.4. The summed E-state index contributed by atoms with van der Waals surface area (Å²) in [6.07, 6.45) is 11.1. The number of nitrogens with zero attached hydrogens (tertiary/aromatic N) is 1. The van der Waals surface area contributed by atoms with E-state index >= 15 is 0 Å². The Morgan fingerprint density at radius 2 is 1.86 bits per heavy atom. The van der Waals surface area contributed by atoms with Gasteiger partial charge in [0, 0.05) is 13.0 Å². The van der Waals surface area contributed by atoms with Crippen LogP contribution in [-0.2, 0) is 16.1 Å². The molecule has 1 aromatic carbocycles. The van der Waals surface area contributed by atoms with Crippen molar-refractivity contribution in [1.29, 1.82) is 0 Å². The van der Waals surface area contributed by atoms with Gasteiger partial charge >= 0.3 is 6.09 Å². The Bertz CT molecular complexity index is 1130. The van der Waals surface area contributed by atoms with Crippen molar-refractivity contribution in [2.75, 3.05) is 6.54 Å². The molecule has 3 saturated carbocycles. The number of ether oxygens (including phenoxy) is 2. The lowest BCUT2D eigenvalue weighted by molar-refractivity contribution is -0.0723. The van der Waals surface area contributed by atoms with Gasteiger partial charge in [-0.05, 0) is 111 Å². The van der Waals surface area contributed by atoms with Crippen LogP contribution < -0.4 is 0 Å². The number of hydrogen-bond donors (Lipinski definition) is 1. The molecule has 0 aromatic heterocycles. The average Bonchev–Trinajstić information content (AvgIpc) is 3.55. The van der Waals surface area contributed by atoms with Crippen LogP contribution in [0.5, 0.6) is 0 Å². The summed E-state index contributed by atoms with van der Waals surface area (Å²) in [5.74, 6) is 3.35. The first-order chi connectivity index (χ1) is 19.8. The molecule has 8 unspecified atom stereocenters. The van der Waals surface area contributed by atoms with Crippen molar-refractivity contribution >= 4 is 6.09 Å². The fourth-order valence-electron chi connectivity index (χ4n) is 10.4. The first-order valence-electron chi connectivity index (χ1n) is 16.8. The molecule has 1 amide bonds. The Labute approximate surface area is 255 Å². The van der Waals surface area contributed by atoms with E-state index in [9.17, 15) is 9.90 Å². The topological polar surface area (TPSA) is 59.0 Å². The van der Waals surface area contributed by atoms with Crippen LogP contribution in [0.2, 0.25) is 0 Å². The number of carbonyl (C=O) groups is 1. The first kappa shape index (κ1) is 31.6. The molecule has 1 spiro atoms. The summed E-state index contributed by atoms with van der Waals surface area (Å²) >= 11 is 0. The van der Waals surface area contributed by atoms with E-state index in [1.54, 1.807) is 5.57 Å². The number of hydrogen-bond acceptors (Lipinski definition) is 4. The second-order valence-electron chi connectivity index (χ2n) is 14.4. The number of carbonyl (C=O) groups excluding carboxylic acids is 1. The number of fused-ring (bicyclic) bond motifs is 6. The van der Waals surface area contributed by atoms with Crippen LogP contribution in [0.4, 0.5) is 4.79 Å². The lowest BCUT2D eigenvalue weighted by Gasteiger charge is -2.53. The maximum absolute atomic E-state index is 13.4. The highest BCUT2D eigenvalue weighted by Gasteiger charge is 2.60.